The van der Waals surface area contributed by atoms with Crippen molar-refractivity contribution in [3.05, 3.63) is 35.1 Å². The Kier molecular flexibility index (Phi) is 2.23. The normalized spacial score (nSPS) is 17.9. The van der Waals surface area contributed by atoms with Crippen LogP contribution in [-0.4, -0.2) is 0 Å². The van der Waals surface area contributed by atoms with E-state index in [2.05, 4.69) is 5.92 Å². The van der Waals surface area contributed by atoms with Crippen LogP contribution < -0.4 is 0 Å². The van der Waals surface area contributed by atoms with Gasteiger partial charge in [-0.15, -0.1) is 6.42 Å². The van der Waals surface area contributed by atoms with Gasteiger partial charge in [-0.2, -0.15) is 13.2 Å². The summed E-state index contributed by atoms with van der Waals surface area (Å²) in [6.45, 7) is 0. The van der Waals surface area contributed by atoms with Crippen LogP contribution in [0.3, 0.4) is 0 Å². The molecule has 16 heavy (non-hydrogen) atoms. The molecule has 1 saturated carbocycles. The molecule has 1 aromatic rings. The second-order valence-electron chi connectivity index (χ2n) is 3.95. The van der Waals surface area contributed by atoms with Crippen molar-refractivity contribution >= 4 is 0 Å². The summed E-state index contributed by atoms with van der Waals surface area (Å²) in [4.78, 5) is 0. The van der Waals surface area contributed by atoms with Crippen LogP contribution in [0.15, 0.2) is 18.2 Å². The van der Waals surface area contributed by atoms with Crippen LogP contribution in [0.2, 0.25) is 0 Å². The Morgan fingerprint density at radius 1 is 1.19 bits per heavy atom. The van der Waals surface area contributed by atoms with Gasteiger partial charge in [-0.3, -0.25) is 0 Å². The van der Waals surface area contributed by atoms with Crippen LogP contribution in [0, 0.1) is 18.2 Å². The minimum Gasteiger partial charge on any atom is -0.207 e. The van der Waals surface area contributed by atoms with E-state index in [1.165, 1.54) is 0 Å². The number of hydrogen-bond donors (Lipinski definition) is 0. The summed E-state index contributed by atoms with van der Waals surface area (Å²) < 4.78 is 50.4. The van der Waals surface area contributed by atoms with E-state index < -0.39 is 23.0 Å². The molecule has 4 heteroatoms. The molecular weight excluding hydrogens is 220 g/mol. The van der Waals surface area contributed by atoms with Gasteiger partial charge in [-0.05, 0) is 36.6 Å². The van der Waals surface area contributed by atoms with Gasteiger partial charge in [0.15, 0.2) is 0 Å². The van der Waals surface area contributed by atoms with E-state index in [0.29, 0.717) is 18.9 Å². The second-order valence-corrected chi connectivity index (χ2v) is 3.95. The van der Waals surface area contributed by atoms with Gasteiger partial charge in [-0.25, -0.2) is 4.39 Å². The molecule has 0 N–H and O–H groups in total. The smallest absolute Gasteiger partial charge is 0.207 e. The summed E-state index contributed by atoms with van der Waals surface area (Å²) >= 11 is 0. The Morgan fingerprint density at radius 2 is 1.81 bits per heavy atom. The van der Waals surface area contributed by atoms with Crippen LogP contribution in [0.1, 0.15) is 24.0 Å². The molecule has 1 aromatic carbocycles. The van der Waals surface area contributed by atoms with E-state index in [1.54, 1.807) is 0 Å². The number of halogens is 4. The summed E-state index contributed by atoms with van der Waals surface area (Å²) in [5.41, 5.74) is -1.41. The summed E-state index contributed by atoms with van der Waals surface area (Å²) in [6, 6.07) is 2.51. The lowest BCUT2D eigenvalue weighted by atomic mass is 9.95. The van der Waals surface area contributed by atoms with Gasteiger partial charge in [-0.1, -0.05) is 5.92 Å². The third-order valence-electron chi connectivity index (χ3n) is 2.80. The first-order valence-corrected chi connectivity index (χ1v) is 4.73. The summed E-state index contributed by atoms with van der Waals surface area (Å²) in [5, 5.41) is 0. The van der Waals surface area contributed by atoms with Crippen molar-refractivity contribution < 1.29 is 17.6 Å². The summed E-state index contributed by atoms with van der Waals surface area (Å²) in [7, 11) is 0. The van der Waals surface area contributed by atoms with E-state index in [9.17, 15) is 17.6 Å². The highest BCUT2D eigenvalue weighted by Gasteiger charge is 2.44. The van der Waals surface area contributed by atoms with E-state index in [-0.39, 0.29) is 5.56 Å². The number of alkyl halides is 3. The third kappa shape index (κ3) is 1.78. The molecule has 0 saturated heterocycles. The van der Waals surface area contributed by atoms with Gasteiger partial charge in [0.2, 0.25) is 0 Å². The third-order valence-corrected chi connectivity index (χ3v) is 2.80. The maximum absolute atomic E-state index is 13.1. The van der Waals surface area contributed by atoms with Crippen molar-refractivity contribution in [1.29, 1.82) is 0 Å². The molecule has 0 spiro atoms. The fourth-order valence-corrected chi connectivity index (χ4v) is 1.67. The van der Waals surface area contributed by atoms with E-state index >= 15 is 0 Å². The van der Waals surface area contributed by atoms with Gasteiger partial charge >= 0.3 is 6.18 Å². The lowest BCUT2D eigenvalue weighted by Crippen LogP contribution is -2.10. The second kappa shape index (κ2) is 3.24. The maximum atomic E-state index is 13.1. The van der Waals surface area contributed by atoms with Crippen LogP contribution in [0.5, 0.6) is 0 Å². The van der Waals surface area contributed by atoms with Crippen molar-refractivity contribution in [2.24, 2.45) is 0 Å². The molecule has 0 heterocycles. The first-order valence-electron chi connectivity index (χ1n) is 4.73. The quantitative estimate of drug-likeness (QED) is 0.509. The molecule has 0 atom stereocenters. The van der Waals surface area contributed by atoms with Gasteiger partial charge in [0.1, 0.15) is 5.82 Å². The molecule has 0 radical (unpaired) electrons. The summed E-state index contributed by atoms with van der Waals surface area (Å²) in [5.74, 6) is 1.54. The molecule has 84 valence electrons. The number of hydrogen-bond acceptors (Lipinski definition) is 0. The van der Waals surface area contributed by atoms with Gasteiger partial charge in [0.25, 0.3) is 0 Å². The van der Waals surface area contributed by atoms with Crippen molar-refractivity contribution in [3.63, 3.8) is 0 Å². The standard InChI is InChI=1S/C12H8F4/c1-2-11(3-4-11)8-5-9(12(14,15)16)7-10(13)6-8/h1,5-7H,3-4H2. The molecule has 1 aliphatic carbocycles. The van der Waals surface area contributed by atoms with Crippen LogP contribution in [0.25, 0.3) is 0 Å². The first kappa shape index (κ1) is 11.0. The minimum atomic E-state index is -4.54. The monoisotopic (exact) mass is 228 g/mol. The Morgan fingerprint density at radius 3 is 2.25 bits per heavy atom. The average Bonchev–Trinajstić information content (AvgIpc) is 2.96. The predicted octanol–water partition coefficient (Wildman–Crippen LogP) is 3.51. The highest BCUT2D eigenvalue weighted by Crippen LogP contribution is 2.48. The van der Waals surface area contributed by atoms with Crippen molar-refractivity contribution in [2.45, 2.75) is 24.4 Å². The Balaban J connectivity index is 2.50. The fourth-order valence-electron chi connectivity index (χ4n) is 1.67. The molecule has 2 rings (SSSR count). The van der Waals surface area contributed by atoms with Crippen molar-refractivity contribution in [3.8, 4) is 12.3 Å². The highest BCUT2D eigenvalue weighted by molar-refractivity contribution is 5.43. The molecule has 0 unspecified atom stereocenters. The number of terminal acetylenes is 1. The lowest BCUT2D eigenvalue weighted by Gasteiger charge is -2.12. The largest absolute Gasteiger partial charge is 0.416 e. The molecule has 0 amide bonds. The Bertz CT molecular complexity index is 461. The first-order chi connectivity index (χ1) is 7.37. The van der Waals surface area contributed by atoms with E-state index in [4.69, 9.17) is 6.42 Å². The molecule has 0 bridgehead atoms. The molecule has 1 fully saturated rings. The molecule has 1 aliphatic rings. The zero-order valence-electron chi connectivity index (χ0n) is 8.24. The Hall–Kier alpha value is -1.50. The number of rotatable bonds is 1. The molecule has 0 nitrogen and oxygen atoms in total. The average molecular weight is 228 g/mol. The van der Waals surface area contributed by atoms with Crippen LogP contribution in [0.4, 0.5) is 17.6 Å². The highest BCUT2D eigenvalue weighted by atomic mass is 19.4. The summed E-state index contributed by atoms with van der Waals surface area (Å²) in [6.07, 6.45) is 1.95. The predicted molar refractivity (Wildman–Crippen MR) is 51.1 cm³/mol. The molecule has 0 aromatic heterocycles. The van der Waals surface area contributed by atoms with Gasteiger partial charge in [0, 0.05) is 0 Å². The Labute approximate surface area is 90.3 Å². The molecular formula is C12H8F4. The maximum Gasteiger partial charge on any atom is 0.416 e. The zero-order chi connectivity index (χ0) is 12.0. The molecule has 0 aliphatic heterocycles. The SMILES string of the molecule is C#CC1(c2cc(F)cc(C(F)(F)F)c2)CC1. The van der Waals surface area contributed by atoms with Crippen molar-refractivity contribution in [1.82, 2.24) is 0 Å². The lowest BCUT2D eigenvalue weighted by molar-refractivity contribution is -0.137. The topological polar surface area (TPSA) is 0 Å². The fraction of sp³-hybridized carbons (Fsp3) is 0.333. The van der Waals surface area contributed by atoms with Crippen molar-refractivity contribution in [2.75, 3.05) is 0 Å². The van der Waals surface area contributed by atoms with E-state index in [1.807, 2.05) is 0 Å². The number of benzene rings is 1. The van der Waals surface area contributed by atoms with Gasteiger partial charge < -0.3 is 0 Å². The van der Waals surface area contributed by atoms with Crippen LogP contribution >= 0.6 is 0 Å². The van der Waals surface area contributed by atoms with Gasteiger partial charge in [0.05, 0.1) is 11.0 Å². The zero-order valence-corrected chi connectivity index (χ0v) is 8.24. The minimum absolute atomic E-state index is 0.252. The van der Waals surface area contributed by atoms with E-state index in [0.717, 1.165) is 12.1 Å². The van der Waals surface area contributed by atoms with Crippen LogP contribution in [-0.2, 0) is 11.6 Å².